The molecule has 3 saturated carbocycles. The number of hydrogen-bond acceptors (Lipinski definition) is 18. The van der Waals surface area contributed by atoms with Crippen LogP contribution < -0.4 is 20.9 Å². The van der Waals surface area contributed by atoms with Crippen molar-refractivity contribution in [2.75, 3.05) is 90.1 Å². The summed E-state index contributed by atoms with van der Waals surface area (Å²) in [7, 11) is 0. The topological polar surface area (TPSA) is 291 Å². The van der Waals surface area contributed by atoms with Gasteiger partial charge in [-0.25, -0.2) is 15.0 Å². The predicted molar refractivity (Wildman–Crippen MR) is 351 cm³/mol. The molecule has 0 radical (unpaired) electrons. The molecule has 13 heterocycles. The van der Waals surface area contributed by atoms with Gasteiger partial charge in [-0.3, -0.25) is 43.7 Å². The van der Waals surface area contributed by atoms with Crippen molar-refractivity contribution >= 4 is 74.2 Å². The van der Waals surface area contributed by atoms with Crippen LogP contribution in [0.5, 0.6) is 0 Å². The lowest BCUT2D eigenvalue weighted by atomic mass is 9.90. The SMILES string of the molecule is C#Cc1ccc(C(=O)N2CCC3(CC2)CC3CNC(=O)c2cc3ccncc3o2)cn1.Cc1nc(C)c(C(=O)N2CCC3(CC2)CC3CNC(=O)c2cc3ccncc3o2)o1.O=C(NCC1CC12CCN(C(=O)c1ccnc(N3CCOCC3)c1)CC2)c1cc2ccncc2o1. The van der Waals surface area contributed by atoms with Crippen molar-refractivity contribution in [3.8, 4) is 12.3 Å². The number of aryl methyl sites for hydroxylation is 2. The molecule has 7 fully saturated rings. The fraction of sp³-hybridized carbons (Fsp3) is 0.417. The molecule has 3 aliphatic carbocycles. The molecular formula is C72H75N13O11. The highest BCUT2D eigenvalue weighted by Crippen LogP contribution is 2.61. The smallest absolute Gasteiger partial charge is 0.291 e. The molecule has 96 heavy (non-hydrogen) atoms. The zero-order valence-electron chi connectivity index (χ0n) is 53.7. The number of amides is 6. The van der Waals surface area contributed by atoms with Gasteiger partial charge in [0.25, 0.3) is 35.4 Å². The third kappa shape index (κ3) is 13.4. The summed E-state index contributed by atoms with van der Waals surface area (Å²) < 4.78 is 27.7. The van der Waals surface area contributed by atoms with Crippen LogP contribution in [0.15, 0.2) is 128 Å². The molecule has 3 spiro atoms. The molecular weight excluding hydrogens is 1220 g/mol. The number of nitrogens with zero attached hydrogens (tertiary/aromatic N) is 10. The Bertz CT molecular complexity index is 4340. The minimum absolute atomic E-state index is 0.00389. The fourth-order valence-corrected chi connectivity index (χ4v) is 14.7. The van der Waals surface area contributed by atoms with E-state index in [1.54, 1.807) is 99.8 Å². The molecule has 7 aliphatic rings. The summed E-state index contributed by atoms with van der Waals surface area (Å²) in [4.78, 5) is 109. The number of terminal acetylenes is 1. The monoisotopic (exact) mass is 1300 g/mol. The first kappa shape index (κ1) is 63.1. The lowest BCUT2D eigenvalue weighted by molar-refractivity contribution is 0.0631. The quantitative estimate of drug-likeness (QED) is 0.0909. The number of anilines is 1. The molecule has 16 rings (SSSR count). The molecule has 9 aromatic rings. The fourth-order valence-electron chi connectivity index (χ4n) is 14.7. The number of pyridine rings is 5. The molecule has 3 N–H and O–H groups in total. The van der Waals surface area contributed by atoms with E-state index >= 15 is 0 Å². The number of likely N-dealkylation sites (tertiary alicyclic amines) is 3. The average molecular weight is 1300 g/mol. The second kappa shape index (κ2) is 26.5. The molecule has 0 aromatic carbocycles. The van der Waals surface area contributed by atoms with Crippen LogP contribution in [0.1, 0.15) is 138 Å². The number of morpholine rings is 1. The van der Waals surface area contributed by atoms with E-state index in [1.807, 2.05) is 39.0 Å². The van der Waals surface area contributed by atoms with Crippen LogP contribution >= 0.6 is 0 Å². The first-order valence-electron chi connectivity index (χ1n) is 33.0. The van der Waals surface area contributed by atoms with E-state index in [1.165, 1.54) is 0 Å². The first-order chi connectivity index (χ1) is 46.6. The lowest BCUT2D eigenvalue weighted by Gasteiger charge is -2.33. The Morgan fingerprint density at radius 2 is 0.948 bits per heavy atom. The van der Waals surface area contributed by atoms with Gasteiger partial charge in [0, 0.05) is 132 Å². The Morgan fingerprint density at radius 1 is 0.510 bits per heavy atom. The van der Waals surface area contributed by atoms with Gasteiger partial charge in [0.15, 0.2) is 39.9 Å². The number of piperidine rings is 3. The van der Waals surface area contributed by atoms with E-state index in [0.717, 1.165) is 119 Å². The number of aromatic nitrogens is 6. The van der Waals surface area contributed by atoms with E-state index in [9.17, 15) is 28.8 Å². The Labute approximate surface area is 553 Å². The highest BCUT2D eigenvalue weighted by atomic mass is 16.5. The second-order valence-electron chi connectivity index (χ2n) is 26.6. The maximum absolute atomic E-state index is 13.2. The molecule has 24 heteroatoms. The van der Waals surface area contributed by atoms with E-state index in [0.29, 0.717) is 132 Å². The van der Waals surface area contributed by atoms with E-state index < -0.39 is 0 Å². The normalized spacial score (nSPS) is 20.2. The van der Waals surface area contributed by atoms with Crippen LogP contribution in [0, 0.1) is 60.2 Å². The second-order valence-corrected chi connectivity index (χ2v) is 26.6. The van der Waals surface area contributed by atoms with Crippen molar-refractivity contribution in [3.05, 3.63) is 162 Å². The van der Waals surface area contributed by atoms with Crippen LogP contribution in [0.25, 0.3) is 32.9 Å². The van der Waals surface area contributed by atoms with Crippen LogP contribution in [0.3, 0.4) is 0 Å². The molecule has 0 bridgehead atoms. The van der Waals surface area contributed by atoms with Gasteiger partial charge in [-0.1, -0.05) is 5.92 Å². The Hall–Kier alpha value is -10.3. The maximum Gasteiger partial charge on any atom is 0.291 e. The van der Waals surface area contributed by atoms with Gasteiger partial charge in [-0.15, -0.1) is 6.42 Å². The Morgan fingerprint density at radius 3 is 1.34 bits per heavy atom. The van der Waals surface area contributed by atoms with Crippen molar-refractivity contribution in [3.63, 3.8) is 0 Å². The Kier molecular flexibility index (Phi) is 17.4. The highest BCUT2D eigenvalue weighted by molar-refractivity contribution is 5.98. The third-order valence-corrected chi connectivity index (χ3v) is 21.0. The van der Waals surface area contributed by atoms with Crippen molar-refractivity contribution in [2.45, 2.75) is 71.6 Å². The van der Waals surface area contributed by atoms with Crippen LogP contribution in [-0.2, 0) is 4.74 Å². The zero-order valence-corrected chi connectivity index (χ0v) is 53.7. The number of nitrogens with one attached hydrogen (secondary N) is 3. The average Bonchev–Trinajstić information content (AvgIpc) is 1.60. The number of oxazole rings is 1. The molecule has 3 atom stereocenters. The van der Waals surface area contributed by atoms with Gasteiger partial charge in [0.1, 0.15) is 11.5 Å². The molecule has 3 unspecified atom stereocenters. The maximum atomic E-state index is 13.2. The van der Waals surface area contributed by atoms with Gasteiger partial charge in [-0.05, 0) is 159 Å². The molecule has 4 saturated heterocycles. The first-order valence-corrected chi connectivity index (χ1v) is 33.0. The summed E-state index contributed by atoms with van der Waals surface area (Å²) in [6, 6.07) is 17.8. The van der Waals surface area contributed by atoms with Crippen molar-refractivity contribution in [1.82, 2.24) is 60.6 Å². The molecule has 24 nitrogen and oxygen atoms in total. The summed E-state index contributed by atoms with van der Waals surface area (Å²) in [6.45, 7) is 12.7. The highest BCUT2D eigenvalue weighted by Gasteiger charge is 2.57. The van der Waals surface area contributed by atoms with E-state index in [-0.39, 0.29) is 51.7 Å². The minimum Gasteiger partial charge on any atom is -0.449 e. The molecule has 4 aliphatic heterocycles. The van der Waals surface area contributed by atoms with Crippen LogP contribution in [0.2, 0.25) is 0 Å². The zero-order chi connectivity index (χ0) is 66.1. The standard InChI is InChI=1S/C26H29N5O4.C24H22N4O3.C22H24N4O4/c32-24(21-13-18-1-5-27-17-22(18)35-21)29-16-20-15-26(20)3-7-31(8-4-26)25(33)19-2-6-28-23(14-19)30-9-11-34-12-10-30;1-2-19-4-3-17(13-26-19)23(30)28-9-6-24(7-10-28)12-18(24)14-27-22(29)20-11-16-5-8-25-15-21(16)31-20;1-13-19(29-14(2)25-13)21(28)26-7-4-22(5-8-26)10-16(22)11-24-20(27)17-9-15-3-6-23-12-18(15)30-17/h1-2,5-6,13-14,17,20H,3-4,7-12,15-16H2,(H,29,32);1,3-5,8,11,13,15,18H,6-7,9-10,12,14H2,(H,27,29);3,6,9,12,16H,4-5,7-8,10-11H2,1-2H3,(H,24,27). The van der Waals surface area contributed by atoms with Gasteiger partial charge < -0.3 is 58.0 Å². The van der Waals surface area contributed by atoms with Gasteiger partial charge in [0.05, 0.1) is 43.1 Å². The molecule has 9 aromatic heterocycles. The van der Waals surface area contributed by atoms with E-state index in [4.69, 9.17) is 28.8 Å². The van der Waals surface area contributed by atoms with E-state index in [2.05, 4.69) is 56.7 Å². The third-order valence-electron chi connectivity index (χ3n) is 21.0. The summed E-state index contributed by atoms with van der Waals surface area (Å²) in [5.74, 6) is 5.84. The predicted octanol–water partition coefficient (Wildman–Crippen LogP) is 8.71. The van der Waals surface area contributed by atoms with Crippen LogP contribution in [-0.4, -0.2) is 165 Å². The van der Waals surface area contributed by atoms with Gasteiger partial charge in [-0.2, -0.15) is 0 Å². The summed E-state index contributed by atoms with van der Waals surface area (Å²) in [5.41, 5.74) is 4.96. The number of hydrogen-bond donors (Lipinski definition) is 3. The number of furan rings is 3. The largest absolute Gasteiger partial charge is 0.449 e. The summed E-state index contributed by atoms with van der Waals surface area (Å²) in [6.07, 6.45) is 27.4. The van der Waals surface area contributed by atoms with Crippen LogP contribution in [0.4, 0.5) is 5.82 Å². The van der Waals surface area contributed by atoms with Gasteiger partial charge in [0.2, 0.25) is 5.76 Å². The van der Waals surface area contributed by atoms with Crippen molar-refractivity contribution in [1.29, 1.82) is 0 Å². The van der Waals surface area contributed by atoms with Crippen molar-refractivity contribution in [2.24, 2.45) is 34.0 Å². The lowest BCUT2D eigenvalue weighted by Crippen LogP contribution is -2.40. The summed E-state index contributed by atoms with van der Waals surface area (Å²) >= 11 is 0. The molecule has 6 amide bonds. The van der Waals surface area contributed by atoms with Crippen molar-refractivity contribution < 1.29 is 51.2 Å². The number of carbonyl (C=O) groups is 6. The Balaban J connectivity index is 0.000000124. The number of rotatable bonds is 13. The molecule has 494 valence electrons. The minimum atomic E-state index is -0.200. The number of fused-ring (bicyclic) bond motifs is 3. The number of carbonyl (C=O) groups excluding carboxylic acids is 6. The number of ether oxygens (including phenoxy) is 1. The summed E-state index contributed by atoms with van der Waals surface area (Å²) in [5, 5.41) is 11.7. The van der Waals surface area contributed by atoms with Gasteiger partial charge >= 0.3 is 0 Å².